The van der Waals surface area contributed by atoms with Crippen molar-refractivity contribution in [2.24, 2.45) is 0 Å². The van der Waals surface area contributed by atoms with E-state index in [0.29, 0.717) is 19.1 Å². The Kier molecular flexibility index (Phi) is 5.73. The van der Waals surface area contributed by atoms with Crippen LogP contribution in [0.25, 0.3) is 11.1 Å². The second-order valence-electron chi connectivity index (χ2n) is 8.62. The van der Waals surface area contributed by atoms with Gasteiger partial charge < -0.3 is 15.1 Å². The molecule has 2 amide bonds. The first-order chi connectivity index (χ1) is 15.7. The van der Waals surface area contributed by atoms with Gasteiger partial charge in [-0.1, -0.05) is 60.7 Å². The van der Waals surface area contributed by atoms with Gasteiger partial charge in [0.05, 0.1) is 0 Å². The van der Waals surface area contributed by atoms with Gasteiger partial charge in [-0.15, -0.1) is 0 Å². The van der Waals surface area contributed by atoms with E-state index in [1.54, 1.807) is 0 Å². The molecule has 5 heteroatoms. The van der Waals surface area contributed by atoms with E-state index < -0.39 is 0 Å². The highest BCUT2D eigenvalue weighted by Gasteiger charge is 2.35. The number of hydrogen-bond acceptors (Lipinski definition) is 3. The highest BCUT2D eigenvalue weighted by molar-refractivity contribution is 5.95. The quantitative estimate of drug-likeness (QED) is 0.679. The summed E-state index contributed by atoms with van der Waals surface area (Å²) in [4.78, 5) is 29.2. The minimum absolute atomic E-state index is 0.0787. The Morgan fingerprint density at radius 1 is 0.625 bits per heavy atom. The summed E-state index contributed by atoms with van der Waals surface area (Å²) in [5.74, 6) is 0.175. The highest BCUT2D eigenvalue weighted by Crippen LogP contribution is 2.22. The fourth-order valence-corrected chi connectivity index (χ4v) is 4.55. The van der Waals surface area contributed by atoms with E-state index in [1.807, 2.05) is 82.6 Å². The van der Waals surface area contributed by atoms with Crippen LogP contribution >= 0.6 is 0 Å². The summed E-state index contributed by atoms with van der Waals surface area (Å²) in [5.41, 5.74) is 3.73. The number of nitrogens with zero attached hydrogens (tertiary/aromatic N) is 2. The van der Waals surface area contributed by atoms with E-state index >= 15 is 0 Å². The average Bonchev–Trinajstić information content (AvgIpc) is 3.30. The van der Waals surface area contributed by atoms with E-state index in [4.69, 9.17) is 0 Å². The molecule has 0 aliphatic carbocycles. The minimum Gasteiger partial charge on any atom is -0.337 e. The third-order valence-electron chi connectivity index (χ3n) is 6.38. The molecule has 0 bridgehead atoms. The van der Waals surface area contributed by atoms with E-state index in [0.717, 1.165) is 41.8 Å². The number of amides is 2. The van der Waals surface area contributed by atoms with E-state index in [1.165, 1.54) is 0 Å². The molecule has 5 nitrogen and oxygen atoms in total. The molecule has 3 aromatic carbocycles. The molecule has 2 fully saturated rings. The maximum atomic E-state index is 12.8. The van der Waals surface area contributed by atoms with Gasteiger partial charge in [0, 0.05) is 49.4 Å². The lowest BCUT2D eigenvalue weighted by Crippen LogP contribution is -2.62. The molecular weight excluding hydrogens is 398 g/mol. The molecular formula is C27H27N3O2. The zero-order chi connectivity index (χ0) is 21.9. The maximum Gasteiger partial charge on any atom is 0.253 e. The van der Waals surface area contributed by atoms with Gasteiger partial charge in [0.1, 0.15) is 0 Å². The van der Waals surface area contributed by atoms with Gasteiger partial charge in [-0.25, -0.2) is 0 Å². The van der Waals surface area contributed by atoms with E-state index in [-0.39, 0.29) is 17.9 Å². The number of rotatable bonds is 5. The van der Waals surface area contributed by atoms with Crippen molar-refractivity contribution >= 4 is 11.8 Å². The summed E-state index contributed by atoms with van der Waals surface area (Å²) in [7, 11) is 0. The van der Waals surface area contributed by atoms with Gasteiger partial charge >= 0.3 is 0 Å². The van der Waals surface area contributed by atoms with Crippen molar-refractivity contribution in [1.82, 2.24) is 15.1 Å². The lowest BCUT2D eigenvalue weighted by atomic mass is 10.0. The summed E-state index contributed by atoms with van der Waals surface area (Å²) in [5, 5.41) is 3.63. The predicted octanol–water partition coefficient (Wildman–Crippen LogP) is 3.68. The Morgan fingerprint density at radius 2 is 1.16 bits per heavy atom. The Labute approximate surface area is 188 Å². The zero-order valence-corrected chi connectivity index (χ0v) is 18.0. The molecule has 2 aliphatic rings. The normalized spacial score (nSPS) is 18.4. The molecule has 2 saturated heterocycles. The van der Waals surface area contributed by atoms with Crippen LogP contribution < -0.4 is 5.32 Å². The predicted molar refractivity (Wildman–Crippen MR) is 125 cm³/mol. The monoisotopic (exact) mass is 425 g/mol. The molecule has 2 heterocycles. The van der Waals surface area contributed by atoms with Crippen LogP contribution in [0.1, 0.15) is 27.1 Å². The molecule has 2 aliphatic heterocycles. The number of nitrogens with one attached hydrogen (secondary N) is 1. The molecule has 5 rings (SSSR count). The van der Waals surface area contributed by atoms with Crippen molar-refractivity contribution in [1.29, 1.82) is 0 Å². The summed E-state index contributed by atoms with van der Waals surface area (Å²) in [6.07, 6.45) is 0.948. The first-order valence-electron chi connectivity index (χ1n) is 11.2. The number of carbonyl (C=O) groups is 2. The van der Waals surface area contributed by atoms with Crippen molar-refractivity contribution in [2.75, 3.05) is 26.2 Å². The second-order valence-corrected chi connectivity index (χ2v) is 8.62. The van der Waals surface area contributed by atoms with Crippen molar-refractivity contribution in [3.8, 4) is 11.1 Å². The van der Waals surface area contributed by atoms with Gasteiger partial charge in [0.15, 0.2) is 0 Å². The third-order valence-corrected chi connectivity index (χ3v) is 6.38. The van der Waals surface area contributed by atoms with Gasteiger partial charge in [-0.05, 0) is 41.8 Å². The number of likely N-dealkylation sites (tertiary alicyclic amines) is 2. The highest BCUT2D eigenvalue weighted by atomic mass is 16.2. The third kappa shape index (κ3) is 4.30. The molecule has 0 spiro atoms. The molecule has 1 N–H and O–H groups in total. The SMILES string of the molecule is O=C(c1ccc(-c2ccccc2)cc1)N1CC(N[C@H]2CCN(C(=O)c3ccccc3)C2)C1. The molecule has 3 aromatic rings. The van der Waals surface area contributed by atoms with Crippen LogP contribution in [-0.2, 0) is 0 Å². The van der Waals surface area contributed by atoms with Crippen LogP contribution in [0.3, 0.4) is 0 Å². The van der Waals surface area contributed by atoms with Crippen LogP contribution in [-0.4, -0.2) is 59.9 Å². The second kappa shape index (κ2) is 8.97. The summed E-state index contributed by atoms with van der Waals surface area (Å²) >= 11 is 0. The molecule has 0 saturated carbocycles. The Balaban J connectivity index is 1.10. The lowest BCUT2D eigenvalue weighted by Gasteiger charge is -2.41. The Hall–Kier alpha value is -3.44. The Bertz CT molecular complexity index is 1080. The number of carbonyl (C=O) groups excluding carboxylic acids is 2. The van der Waals surface area contributed by atoms with Crippen molar-refractivity contribution in [3.63, 3.8) is 0 Å². The molecule has 0 aromatic heterocycles. The van der Waals surface area contributed by atoms with Crippen molar-refractivity contribution in [3.05, 3.63) is 96.1 Å². The summed E-state index contributed by atoms with van der Waals surface area (Å²) in [6, 6.07) is 28.0. The summed E-state index contributed by atoms with van der Waals surface area (Å²) in [6.45, 7) is 2.92. The molecule has 32 heavy (non-hydrogen) atoms. The van der Waals surface area contributed by atoms with Crippen LogP contribution in [0.15, 0.2) is 84.9 Å². The van der Waals surface area contributed by atoms with Gasteiger partial charge in [-0.2, -0.15) is 0 Å². The van der Waals surface area contributed by atoms with Crippen molar-refractivity contribution in [2.45, 2.75) is 18.5 Å². The summed E-state index contributed by atoms with van der Waals surface area (Å²) < 4.78 is 0. The smallest absolute Gasteiger partial charge is 0.253 e. The topological polar surface area (TPSA) is 52.7 Å². The first kappa shape index (κ1) is 20.5. The number of benzene rings is 3. The fourth-order valence-electron chi connectivity index (χ4n) is 4.55. The van der Waals surface area contributed by atoms with Crippen LogP contribution in [0.4, 0.5) is 0 Å². The fraction of sp³-hybridized carbons (Fsp3) is 0.259. The maximum absolute atomic E-state index is 12.8. The standard InChI is InChI=1S/C27H27N3O2/c31-26(22-9-5-2-6-10-22)29-16-15-24(17-29)28-25-18-30(19-25)27(32)23-13-11-21(12-14-23)20-7-3-1-4-8-20/h1-14,24-25,28H,15-19H2/t24-/m0/s1. The lowest BCUT2D eigenvalue weighted by molar-refractivity contribution is 0.0552. The molecule has 1 atom stereocenters. The van der Waals surface area contributed by atoms with Gasteiger partial charge in [-0.3, -0.25) is 9.59 Å². The zero-order valence-electron chi connectivity index (χ0n) is 18.0. The number of hydrogen-bond donors (Lipinski definition) is 1. The van der Waals surface area contributed by atoms with Crippen LogP contribution in [0.5, 0.6) is 0 Å². The van der Waals surface area contributed by atoms with Crippen LogP contribution in [0.2, 0.25) is 0 Å². The van der Waals surface area contributed by atoms with E-state index in [9.17, 15) is 9.59 Å². The molecule has 162 valence electrons. The first-order valence-corrected chi connectivity index (χ1v) is 11.2. The molecule has 0 radical (unpaired) electrons. The van der Waals surface area contributed by atoms with Gasteiger partial charge in [0.25, 0.3) is 11.8 Å². The van der Waals surface area contributed by atoms with Gasteiger partial charge in [0.2, 0.25) is 0 Å². The van der Waals surface area contributed by atoms with Crippen molar-refractivity contribution < 1.29 is 9.59 Å². The minimum atomic E-state index is 0.0787. The largest absolute Gasteiger partial charge is 0.337 e. The average molecular weight is 426 g/mol. The van der Waals surface area contributed by atoms with E-state index in [2.05, 4.69) is 17.4 Å². The Morgan fingerprint density at radius 3 is 1.84 bits per heavy atom. The molecule has 0 unspecified atom stereocenters. The van der Waals surface area contributed by atoms with Crippen LogP contribution in [0, 0.1) is 0 Å².